The molecule has 1 aromatic heterocycles. The van der Waals surface area contributed by atoms with Gasteiger partial charge in [0.25, 0.3) is 5.91 Å². The molecule has 160 valence electrons. The van der Waals surface area contributed by atoms with Gasteiger partial charge in [-0.1, -0.05) is 27.2 Å². The Labute approximate surface area is 173 Å². The average molecular weight is 417 g/mol. The largest absolute Gasteiger partial charge is 0.462 e. The highest BCUT2D eigenvalue weighted by atomic mass is 19.2. The zero-order valence-electron chi connectivity index (χ0n) is 17.5. The number of fused-ring (bicyclic) bond motifs is 1. The summed E-state index contributed by atoms with van der Waals surface area (Å²) in [6, 6.07) is 2.99. The van der Waals surface area contributed by atoms with Crippen LogP contribution < -0.4 is 0 Å². The molecule has 0 spiro atoms. The van der Waals surface area contributed by atoms with Crippen molar-refractivity contribution in [1.29, 1.82) is 0 Å². The van der Waals surface area contributed by atoms with Gasteiger partial charge < -0.3 is 9.64 Å². The summed E-state index contributed by atoms with van der Waals surface area (Å²) in [5, 5.41) is 7.39. The molecule has 0 saturated heterocycles. The maximum Gasteiger partial charge on any atom is 0.341 e. The van der Waals surface area contributed by atoms with E-state index in [0.29, 0.717) is 5.69 Å². The highest BCUT2D eigenvalue weighted by Gasteiger charge is 2.38. The van der Waals surface area contributed by atoms with Crippen LogP contribution in [0.3, 0.4) is 0 Å². The Morgan fingerprint density at radius 2 is 1.97 bits per heavy atom. The second-order valence-electron chi connectivity index (χ2n) is 7.88. The fraction of sp³-hybridized carbons (Fsp3) is 0.409. The molecule has 8 heteroatoms. The third-order valence-corrected chi connectivity index (χ3v) is 5.05. The second-order valence-corrected chi connectivity index (χ2v) is 7.88. The monoisotopic (exact) mass is 417 g/mol. The molecule has 1 aliphatic heterocycles. The van der Waals surface area contributed by atoms with Crippen molar-refractivity contribution in [1.82, 2.24) is 15.1 Å². The van der Waals surface area contributed by atoms with Crippen LogP contribution >= 0.6 is 0 Å². The number of carbonyl (C=O) groups is 2. The van der Waals surface area contributed by atoms with Crippen molar-refractivity contribution in [2.24, 2.45) is 0 Å². The Morgan fingerprint density at radius 3 is 2.60 bits per heavy atom. The fourth-order valence-electron chi connectivity index (χ4n) is 3.78. The first-order valence-corrected chi connectivity index (χ1v) is 9.92. The SMILES string of the molecule is CCCc1[nH]nc2c1C(C)(C)CN(C(=O)c1ccc(F)c(F)c1)C=C2C(=O)OCC. The molecule has 0 bridgehead atoms. The van der Waals surface area contributed by atoms with Crippen LogP contribution in [0.4, 0.5) is 8.78 Å². The lowest BCUT2D eigenvalue weighted by molar-refractivity contribution is -0.136. The van der Waals surface area contributed by atoms with E-state index in [1.54, 1.807) is 6.92 Å². The average Bonchev–Trinajstić information content (AvgIpc) is 3.06. The summed E-state index contributed by atoms with van der Waals surface area (Å²) in [6.45, 7) is 8.02. The molecule has 0 unspecified atom stereocenters. The maximum atomic E-state index is 13.7. The number of carbonyl (C=O) groups excluding carboxylic acids is 2. The van der Waals surface area contributed by atoms with E-state index in [4.69, 9.17) is 4.74 Å². The number of ether oxygens (including phenoxy) is 1. The molecule has 0 atom stereocenters. The van der Waals surface area contributed by atoms with Gasteiger partial charge in [0.05, 0.1) is 6.61 Å². The van der Waals surface area contributed by atoms with Crippen molar-refractivity contribution in [3.05, 3.63) is 58.5 Å². The number of halogens is 2. The Morgan fingerprint density at radius 1 is 1.23 bits per heavy atom. The van der Waals surface area contributed by atoms with Gasteiger partial charge in [-0.05, 0) is 31.5 Å². The summed E-state index contributed by atoms with van der Waals surface area (Å²) < 4.78 is 32.2. The van der Waals surface area contributed by atoms with Gasteiger partial charge in [-0.15, -0.1) is 0 Å². The van der Waals surface area contributed by atoms with Crippen LogP contribution in [0.15, 0.2) is 24.4 Å². The third-order valence-electron chi connectivity index (χ3n) is 5.05. The zero-order chi connectivity index (χ0) is 22.1. The van der Waals surface area contributed by atoms with E-state index in [1.165, 1.54) is 17.2 Å². The van der Waals surface area contributed by atoms with Gasteiger partial charge in [0, 0.05) is 35.0 Å². The first-order valence-electron chi connectivity index (χ1n) is 9.92. The lowest BCUT2D eigenvalue weighted by Crippen LogP contribution is -2.37. The molecule has 6 nitrogen and oxygen atoms in total. The third kappa shape index (κ3) is 3.99. The number of amides is 1. The maximum absolute atomic E-state index is 13.7. The minimum absolute atomic E-state index is 0.0148. The summed E-state index contributed by atoms with van der Waals surface area (Å²) in [4.78, 5) is 27.2. The Bertz CT molecular complexity index is 1010. The molecule has 0 aliphatic carbocycles. The molecule has 2 heterocycles. The van der Waals surface area contributed by atoms with Crippen LogP contribution in [-0.4, -0.2) is 40.1 Å². The van der Waals surface area contributed by atoms with E-state index >= 15 is 0 Å². The molecule has 1 aliphatic rings. The van der Waals surface area contributed by atoms with Crippen LogP contribution in [-0.2, 0) is 21.4 Å². The van der Waals surface area contributed by atoms with Crippen molar-refractivity contribution in [3.63, 3.8) is 0 Å². The second kappa shape index (κ2) is 8.38. The number of hydrogen-bond donors (Lipinski definition) is 1. The number of H-pyrrole nitrogens is 1. The molecule has 0 fully saturated rings. The standard InChI is InChI=1S/C22H25F2N3O3/c1-5-7-17-18-19(26-25-17)14(21(29)30-6-2)11-27(12-22(18,3)4)20(28)13-8-9-15(23)16(24)10-13/h8-11H,5-7,12H2,1-4H3,(H,25,26). The summed E-state index contributed by atoms with van der Waals surface area (Å²) in [5.74, 6) is -3.29. The van der Waals surface area contributed by atoms with Crippen molar-refractivity contribution in [3.8, 4) is 0 Å². The number of aryl methyl sites for hydroxylation is 1. The van der Waals surface area contributed by atoms with Crippen molar-refractivity contribution < 1.29 is 23.1 Å². The zero-order valence-corrected chi connectivity index (χ0v) is 17.5. The molecule has 2 aromatic rings. The number of benzene rings is 1. The summed E-state index contributed by atoms with van der Waals surface area (Å²) in [7, 11) is 0. The molecule has 1 amide bonds. The number of rotatable bonds is 5. The molecule has 1 aromatic carbocycles. The highest BCUT2D eigenvalue weighted by molar-refractivity contribution is 6.17. The Kier molecular flexibility index (Phi) is 6.05. The van der Waals surface area contributed by atoms with Gasteiger partial charge in [-0.3, -0.25) is 9.89 Å². The van der Waals surface area contributed by atoms with E-state index in [-0.39, 0.29) is 24.3 Å². The number of aromatic amines is 1. The topological polar surface area (TPSA) is 75.3 Å². The van der Waals surface area contributed by atoms with Crippen molar-refractivity contribution >= 4 is 17.4 Å². The lowest BCUT2D eigenvalue weighted by Gasteiger charge is -2.30. The van der Waals surface area contributed by atoms with Crippen LogP contribution in [0.2, 0.25) is 0 Å². The van der Waals surface area contributed by atoms with Crippen molar-refractivity contribution in [2.75, 3.05) is 13.2 Å². The minimum Gasteiger partial charge on any atom is -0.462 e. The first kappa shape index (κ1) is 21.7. The van der Waals surface area contributed by atoms with Crippen LogP contribution in [0.1, 0.15) is 61.4 Å². The van der Waals surface area contributed by atoms with Gasteiger partial charge in [-0.25, -0.2) is 13.6 Å². The molecule has 0 saturated carbocycles. The summed E-state index contributed by atoms with van der Waals surface area (Å²) in [5.41, 5.74) is 1.76. The molecule has 1 N–H and O–H groups in total. The van der Waals surface area contributed by atoms with E-state index in [0.717, 1.165) is 36.2 Å². The number of hydrogen-bond acceptors (Lipinski definition) is 4. The normalized spacial score (nSPS) is 15.3. The molecular formula is C22H25F2N3O3. The van der Waals surface area contributed by atoms with Gasteiger partial charge in [-0.2, -0.15) is 5.10 Å². The predicted octanol–water partition coefficient (Wildman–Crippen LogP) is 3.98. The van der Waals surface area contributed by atoms with Crippen molar-refractivity contribution in [2.45, 2.75) is 46.0 Å². The Hall–Kier alpha value is -3.03. The van der Waals surface area contributed by atoms with Gasteiger partial charge >= 0.3 is 5.97 Å². The van der Waals surface area contributed by atoms with Crippen LogP contribution in [0.25, 0.3) is 5.57 Å². The lowest BCUT2D eigenvalue weighted by atomic mass is 9.81. The number of esters is 1. The number of nitrogens with one attached hydrogen (secondary N) is 1. The van der Waals surface area contributed by atoms with Gasteiger partial charge in [0.15, 0.2) is 11.6 Å². The quantitative estimate of drug-likeness (QED) is 0.747. The van der Waals surface area contributed by atoms with Gasteiger partial charge in [0.1, 0.15) is 11.3 Å². The van der Waals surface area contributed by atoms with Crippen LogP contribution in [0, 0.1) is 11.6 Å². The number of nitrogens with zero attached hydrogens (tertiary/aromatic N) is 2. The molecular weight excluding hydrogens is 392 g/mol. The van der Waals surface area contributed by atoms with Crippen LogP contribution in [0.5, 0.6) is 0 Å². The van der Waals surface area contributed by atoms with E-state index < -0.39 is 28.9 Å². The van der Waals surface area contributed by atoms with E-state index in [9.17, 15) is 18.4 Å². The molecule has 3 rings (SSSR count). The smallest absolute Gasteiger partial charge is 0.341 e. The number of aromatic nitrogens is 2. The first-order chi connectivity index (χ1) is 14.2. The highest BCUT2D eigenvalue weighted by Crippen LogP contribution is 2.37. The van der Waals surface area contributed by atoms with Gasteiger partial charge in [0.2, 0.25) is 0 Å². The molecule has 30 heavy (non-hydrogen) atoms. The summed E-state index contributed by atoms with van der Waals surface area (Å²) in [6.07, 6.45) is 3.01. The Balaban J connectivity index is 2.12. The summed E-state index contributed by atoms with van der Waals surface area (Å²) >= 11 is 0. The fourth-order valence-corrected chi connectivity index (χ4v) is 3.78. The van der Waals surface area contributed by atoms with E-state index in [1.807, 2.05) is 20.8 Å². The molecule has 0 radical (unpaired) electrons. The minimum atomic E-state index is -1.11. The van der Waals surface area contributed by atoms with E-state index in [2.05, 4.69) is 10.2 Å². The predicted molar refractivity (Wildman–Crippen MR) is 108 cm³/mol.